The van der Waals surface area contributed by atoms with E-state index in [-0.39, 0.29) is 12.5 Å². The van der Waals surface area contributed by atoms with Gasteiger partial charge in [0.15, 0.2) is 0 Å². The number of carbonyl (C=O) groups is 2. The van der Waals surface area contributed by atoms with Gasteiger partial charge in [-0.3, -0.25) is 4.79 Å². The van der Waals surface area contributed by atoms with Crippen molar-refractivity contribution in [2.24, 2.45) is 0 Å². The standard InChI is InChI=1S/C14H18N2O3/c1-10(2)9-15-14(19)16-12-5-3-4-11(8-12)6-7-13(17)18/h3-5,8H,1,6-7,9H2,2H3,(H,17,18)(H2,15,16,19). The average Bonchev–Trinajstić information content (AvgIpc) is 2.34. The van der Waals surface area contributed by atoms with Gasteiger partial charge in [0.25, 0.3) is 0 Å². The number of aryl methyl sites for hydroxylation is 1. The fourth-order valence-electron chi connectivity index (χ4n) is 1.46. The van der Waals surface area contributed by atoms with Gasteiger partial charge in [0, 0.05) is 18.7 Å². The van der Waals surface area contributed by atoms with E-state index >= 15 is 0 Å². The number of urea groups is 1. The predicted octanol–water partition coefficient (Wildman–Crippen LogP) is 2.40. The Labute approximate surface area is 112 Å². The van der Waals surface area contributed by atoms with E-state index in [1.54, 1.807) is 18.2 Å². The summed E-state index contributed by atoms with van der Waals surface area (Å²) in [5.41, 5.74) is 2.38. The number of hydrogen-bond donors (Lipinski definition) is 3. The van der Waals surface area contributed by atoms with Crippen LogP contribution >= 0.6 is 0 Å². The molecule has 0 radical (unpaired) electrons. The van der Waals surface area contributed by atoms with Gasteiger partial charge in [0.1, 0.15) is 0 Å². The summed E-state index contributed by atoms with van der Waals surface area (Å²) in [4.78, 5) is 22.0. The molecule has 102 valence electrons. The fraction of sp³-hybridized carbons (Fsp3) is 0.286. The summed E-state index contributed by atoms with van der Waals surface area (Å²) in [6.45, 7) is 5.94. The molecule has 0 spiro atoms. The van der Waals surface area contributed by atoms with Crippen LogP contribution in [0, 0.1) is 0 Å². The lowest BCUT2D eigenvalue weighted by Gasteiger charge is -2.08. The van der Waals surface area contributed by atoms with E-state index in [1.807, 2.05) is 13.0 Å². The molecule has 2 amide bonds. The van der Waals surface area contributed by atoms with Gasteiger partial charge >= 0.3 is 12.0 Å². The highest BCUT2D eigenvalue weighted by Gasteiger charge is 2.03. The molecule has 5 nitrogen and oxygen atoms in total. The number of amides is 2. The zero-order valence-corrected chi connectivity index (χ0v) is 10.9. The van der Waals surface area contributed by atoms with Crippen LogP contribution < -0.4 is 10.6 Å². The van der Waals surface area contributed by atoms with Crippen molar-refractivity contribution < 1.29 is 14.7 Å². The maximum atomic E-state index is 11.5. The summed E-state index contributed by atoms with van der Waals surface area (Å²) in [7, 11) is 0. The number of aliphatic carboxylic acids is 1. The molecule has 19 heavy (non-hydrogen) atoms. The first kappa shape index (κ1) is 14.8. The van der Waals surface area contributed by atoms with E-state index in [2.05, 4.69) is 17.2 Å². The van der Waals surface area contributed by atoms with Crippen LogP contribution in [0.25, 0.3) is 0 Å². The maximum absolute atomic E-state index is 11.5. The Hall–Kier alpha value is -2.30. The van der Waals surface area contributed by atoms with Crippen LogP contribution in [0.15, 0.2) is 36.4 Å². The van der Waals surface area contributed by atoms with Crippen LogP contribution in [0.5, 0.6) is 0 Å². The Kier molecular flexibility index (Phi) is 5.60. The van der Waals surface area contributed by atoms with E-state index in [4.69, 9.17) is 5.11 Å². The van der Waals surface area contributed by atoms with Gasteiger partial charge in [-0.25, -0.2) is 4.79 Å². The number of benzene rings is 1. The van der Waals surface area contributed by atoms with Gasteiger partial charge in [-0.1, -0.05) is 24.3 Å². The van der Waals surface area contributed by atoms with Crippen LogP contribution in [-0.2, 0) is 11.2 Å². The van der Waals surface area contributed by atoms with Gasteiger partial charge in [-0.05, 0) is 31.0 Å². The molecule has 5 heteroatoms. The van der Waals surface area contributed by atoms with Crippen LogP contribution in [0.2, 0.25) is 0 Å². The number of carboxylic acid groups (broad SMARTS) is 1. The summed E-state index contributed by atoms with van der Waals surface area (Å²) < 4.78 is 0. The molecule has 3 N–H and O–H groups in total. The van der Waals surface area contributed by atoms with Crippen molar-refractivity contribution in [3.05, 3.63) is 42.0 Å². The summed E-state index contributed by atoms with van der Waals surface area (Å²) >= 11 is 0. The summed E-state index contributed by atoms with van der Waals surface area (Å²) in [5, 5.41) is 14.0. The third kappa shape index (κ3) is 6.26. The normalized spacial score (nSPS) is 9.74. The van der Waals surface area contributed by atoms with Gasteiger partial charge in [0.2, 0.25) is 0 Å². The molecule has 0 heterocycles. The van der Waals surface area contributed by atoms with Gasteiger partial charge in [-0.2, -0.15) is 0 Å². The lowest BCUT2D eigenvalue weighted by Crippen LogP contribution is -2.29. The van der Waals surface area contributed by atoms with Crippen molar-refractivity contribution in [3.8, 4) is 0 Å². The Morgan fingerprint density at radius 3 is 2.74 bits per heavy atom. The quantitative estimate of drug-likeness (QED) is 0.689. The van der Waals surface area contributed by atoms with E-state index in [9.17, 15) is 9.59 Å². The van der Waals surface area contributed by atoms with Crippen molar-refractivity contribution in [3.63, 3.8) is 0 Å². The highest BCUT2D eigenvalue weighted by molar-refractivity contribution is 5.89. The average molecular weight is 262 g/mol. The summed E-state index contributed by atoms with van der Waals surface area (Å²) in [6, 6.07) is 6.83. The fourth-order valence-corrected chi connectivity index (χ4v) is 1.46. The van der Waals surface area contributed by atoms with Crippen molar-refractivity contribution in [1.82, 2.24) is 5.32 Å². The number of carbonyl (C=O) groups excluding carboxylic acids is 1. The predicted molar refractivity (Wildman–Crippen MR) is 74.2 cm³/mol. The molecule has 0 aliphatic carbocycles. The first-order valence-corrected chi connectivity index (χ1v) is 5.97. The first-order valence-electron chi connectivity index (χ1n) is 5.97. The van der Waals surface area contributed by atoms with Crippen LogP contribution in [0.4, 0.5) is 10.5 Å². The number of carboxylic acids is 1. The Morgan fingerprint density at radius 2 is 2.11 bits per heavy atom. The molecule has 1 rings (SSSR count). The van der Waals surface area contributed by atoms with E-state index in [0.29, 0.717) is 18.7 Å². The molecule has 0 aromatic heterocycles. The minimum Gasteiger partial charge on any atom is -0.481 e. The first-order chi connectivity index (χ1) is 8.97. The minimum absolute atomic E-state index is 0.0747. The number of anilines is 1. The SMILES string of the molecule is C=C(C)CNC(=O)Nc1cccc(CCC(=O)O)c1. The molecular formula is C14H18N2O3. The third-order valence-corrected chi connectivity index (χ3v) is 2.36. The van der Waals surface area contributed by atoms with E-state index in [1.165, 1.54) is 0 Å². The summed E-state index contributed by atoms with van der Waals surface area (Å²) in [5.74, 6) is -0.836. The molecular weight excluding hydrogens is 244 g/mol. The summed E-state index contributed by atoms with van der Waals surface area (Å²) in [6.07, 6.45) is 0.517. The molecule has 0 atom stereocenters. The number of nitrogens with one attached hydrogen (secondary N) is 2. The molecule has 0 saturated carbocycles. The highest BCUT2D eigenvalue weighted by atomic mass is 16.4. The molecule has 0 bridgehead atoms. The smallest absolute Gasteiger partial charge is 0.319 e. The monoisotopic (exact) mass is 262 g/mol. The number of hydrogen-bond acceptors (Lipinski definition) is 2. The molecule has 0 unspecified atom stereocenters. The highest BCUT2D eigenvalue weighted by Crippen LogP contribution is 2.12. The molecule has 1 aromatic carbocycles. The van der Waals surface area contributed by atoms with E-state index in [0.717, 1.165) is 11.1 Å². The third-order valence-electron chi connectivity index (χ3n) is 2.36. The van der Waals surface area contributed by atoms with Crippen LogP contribution in [-0.4, -0.2) is 23.7 Å². The van der Waals surface area contributed by atoms with Gasteiger partial charge < -0.3 is 15.7 Å². The lowest BCUT2D eigenvalue weighted by molar-refractivity contribution is -0.136. The van der Waals surface area contributed by atoms with Crippen LogP contribution in [0.1, 0.15) is 18.9 Å². The zero-order valence-electron chi connectivity index (χ0n) is 10.9. The van der Waals surface area contributed by atoms with Gasteiger partial charge in [0.05, 0.1) is 0 Å². The van der Waals surface area contributed by atoms with Gasteiger partial charge in [-0.15, -0.1) is 0 Å². The Bertz CT molecular complexity index is 483. The van der Waals surface area contributed by atoms with Crippen LogP contribution in [0.3, 0.4) is 0 Å². The Morgan fingerprint density at radius 1 is 1.37 bits per heavy atom. The van der Waals surface area contributed by atoms with Crippen molar-refractivity contribution in [2.45, 2.75) is 19.8 Å². The molecule has 0 fully saturated rings. The van der Waals surface area contributed by atoms with Crippen molar-refractivity contribution in [1.29, 1.82) is 0 Å². The topological polar surface area (TPSA) is 78.4 Å². The van der Waals surface area contributed by atoms with Crippen molar-refractivity contribution in [2.75, 3.05) is 11.9 Å². The molecule has 0 saturated heterocycles. The molecule has 0 aliphatic heterocycles. The lowest BCUT2D eigenvalue weighted by atomic mass is 10.1. The second-order valence-corrected chi connectivity index (χ2v) is 4.36. The maximum Gasteiger partial charge on any atom is 0.319 e. The second kappa shape index (κ2) is 7.20. The Balaban J connectivity index is 2.54. The van der Waals surface area contributed by atoms with E-state index < -0.39 is 5.97 Å². The minimum atomic E-state index is -0.836. The number of rotatable bonds is 6. The van der Waals surface area contributed by atoms with Crippen molar-refractivity contribution >= 4 is 17.7 Å². The largest absolute Gasteiger partial charge is 0.481 e. The molecule has 0 aliphatic rings. The zero-order chi connectivity index (χ0) is 14.3. The second-order valence-electron chi connectivity index (χ2n) is 4.36. The molecule has 1 aromatic rings.